The van der Waals surface area contributed by atoms with Crippen LogP contribution >= 0.6 is 11.6 Å². The third kappa shape index (κ3) is 5.56. The molecule has 1 aliphatic rings. The van der Waals surface area contributed by atoms with Crippen molar-refractivity contribution in [2.75, 3.05) is 6.54 Å². The first-order valence-corrected chi connectivity index (χ1v) is 11.8. The van der Waals surface area contributed by atoms with Crippen LogP contribution in [0.25, 0.3) is 16.6 Å². The molecule has 2 atom stereocenters. The molecule has 8 nitrogen and oxygen atoms in total. The van der Waals surface area contributed by atoms with Crippen molar-refractivity contribution in [1.29, 1.82) is 0 Å². The number of amides is 2. The molecule has 3 aromatic rings. The number of alkyl halides is 3. The van der Waals surface area contributed by atoms with Crippen LogP contribution in [0.4, 0.5) is 18.0 Å². The molecule has 0 saturated carbocycles. The van der Waals surface area contributed by atoms with E-state index in [-0.39, 0.29) is 34.7 Å². The Kier molecular flexibility index (Phi) is 6.93. The molecule has 2 heterocycles. The van der Waals surface area contributed by atoms with E-state index >= 15 is 0 Å². The normalized spacial score (nSPS) is 18.2. The largest absolute Gasteiger partial charge is 0.471 e. The molecule has 0 spiro atoms. The molecule has 1 N–H and O–H groups in total. The van der Waals surface area contributed by atoms with Crippen LogP contribution in [0.2, 0.25) is 5.02 Å². The van der Waals surface area contributed by atoms with Crippen LogP contribution in [0.1, 0.15) is 39.1 Å². The summed E-state index contributed by atoms with van der Waals surface area (Å²) in [6, 6.07) is 11.2. The van der Waals surface area contributed by atoms with Crippen LogP contribution in [0.5, 0.6) is 0 Å². The van der Waals surface area contributed by atoms with Crippen molar-refractivity contribution in [3.8, 4) is 5.69 Å². The molecule has 4 rings (SSSR count). The second-order valence-electron chi connectivity index (χ2n) is 9.63. The Morgan fingerprint density at radius 3 is 2.38 bits per heavy atom. The van der Waals surface area contributed by atoms with Crippen molar-refractivity contribution in [2.24, 2.45) is 0 Å². The fourth-order valence-electron chi connectivity index (χ4n) is 4.23. The Balaban J connectivity index is 1.89. The molecule has 1 saturated heterocycles. The van der Waals surface area contributed by atoms with Crippen molar-refractivity contribution < 1.29 is 27.5 Å². The molecule has 2 amide bonds. The third-order valence-corrected chi connectivity index (χ3v) is 6.02. The van der Waals surface area contributed by atoms with Crippen molar-refractivity contribution in [3.05, 3.63) is 69.7 Å². The monoisotopic (exact) mass is 536 g/mol. The minimum atomic E-state index is -5.10. The van der Waals surface area contributed by atoms with Gasteiger partial charge in [0, 0.05) is 12.6 Å². The Bertz CT molecular complexity index is 1400. The Labute approximate surface area is 215 Å². The van der Waals surface area contributed by atoms with Crippen LogP contribution in [0.15, 0.2) is 53.3 Å². The number of benzene rings is 2. The first-order valence-electron chi connectivity index (χ1n) is 11.4. The number of nitrogens with zero attached hydrogens (tertiary/aromatic N) is 3. The number of nitrogens with one attached hydrogen (secondary N) is 1. The zero-order valence-corrected chi connectivity index (χ0v) is 20.9. The van der Waals surface area contributed by atoms with Crippen molar-refractivity contribution in [2.45, 2.75) is 51.1 Å². The highest BCUT2D eigenvalue weighted by Crippen LogP contribution is 2.35. The van der Waals surface area contributed by atoms with Crippen LogP contribution in [-0.4, -0.2) is 50.8 Å². The number of aromatic nitrogens is 2. The lowest BCUT2D eigenvalue weighted by atomic mass is 10.1. The van der Waals surface area contributed by atoms with Crippen molar-refractivity contribution in [3.63, 3.8) is 0 Å². The van der Waals surface area contributed by atoms with Gasteiger partial charge in [0.2, 0.25) is 0 Å². The summed E-state index contributed by atoms with van der Waals surface area (Å²) in [7, 11) is 0. The fourth-order valence-corrected chi connectivity index (χ4v) is 4.48. The average Bonchev–Trinajstić information content (AvgIpc) is 3.21. The van der Waals surface area contributed by atoms with Gasteiger partial charge in [-0.05, 0) is 51.5 Å². The van der Waals surface area contributed by atoms with Crippen LogP contribution in [0.3, 0.4) is 0 Å². The molecule has 1 aliphatic heterocycles. The summed E-state index contributed by atoms with van der Waals surface area (Å²) in [5.74, 6) is -2.03. The van der Waals surface area contributed by atoms with E-state index < -0.39 is 41.4 Å². The smallest absolute Gasteiger partial charge is 0.444 e. The second kappa shape index (κ2) is 9.70. The molecular formula is C25H24ClF3N4O4. The van der Waals surface area contributed by atoms with Gasteiger partial charge in [-0.15, -0.1) is 0 Å². The number of carbonyl (C=O) groups is 2. The SMILES string of the molecule is CC(C)(C)OC(=O)N1C[C@@H](NC(=O)C(F)(F)F)C[C@H]1c1nc2cccc(Cl)c2c(=O)n1-c1ccccc1. The Morgan fingerprint density at radius 2 is 1.76 bits per heavy atom. The van der Waals surface area contributed by atoms with Gasteiger partial charge >= 0.3 is 18.2 Å². The number of hydrogen-bond acceptors (Lipinski definition) is 5. The number of likely N-dealkylation sites (tertiary alicyclic amines) is 1. The van der Waals surface area contributed by atoms with E-state index in [2.05, 4.69) is 4.98 Å². The molecule has 12 heteroatoms. The maximum absolute atomic E-state index is 13.7. The average molecular weight is 537 g/mol. The van der Waals surface area contributed by atoms with E-state index in [4.69, 9.17) is 16.3 Å². The van der Waals surface area contributed by atoms with Gasteiger partial charge < -0.3 is 10.1 Å². The fraction of sp³-hybridized carbons (Fsp3) is 0.360. The number of halogens is 4. The Hall–Kier alpha value is -3.60. The summed E-state index contributed by atoms with van der Waals surface area (Å²) in [6.45, 7) is 4.67. The van der Waals surface area contributed by atoms with Gasteiger partial charge in [-0.2, -0.15) is 13.2 Å². The zero-order valence-electron chi connectivity index (χ0n) is 20.2. The second-order valence-corrected chi connectivity index (χ2v) is 10.0. The molecule has 0 unspecified atom stereocenters. The summed E-state index contributed by atoms with van der Waals surface area (Å²) in [6.07, 6.45) is -6.05. The standard InChI is InChI=1S/C25H24ClF3N4O4/c1-24(2,3)37-23(36)32-13-14(30-22(35)25(27,28)29)12-18(32)20-31-17-11-7-10-16(26)19(17)21(34)33(20)15-8-5-4-6-9-15/h4-11,14,18H,12-13H2,1-3H3,(H,30,35)/t14-,18-/m0/s1. The predicted molar refractivity (Wildman–Crippen MR) is 131 cm³/mol. The first-order chi connectivity index (χ1) is 17.3. The van der Waals surface area contributed by atoms with Crippen molar-refractivity contribution >= 4 is 34.5 Å². The summed E-state index contributed by atoms with van der Waals surface area (Å²) in [5, 5.41) is 2.27. The van der Waals surface area contributed by atoms with E-state index in [1.165, 1.54) is 9.47 Å². The van der Waals surface area contributed by atoms with E-state index in [9.17, 15) is 27.6 Å². The number of hydrogen-bond donors (Lipinski definition) is 1. The van der Waals surface area contributed by atoms with Gasteiger partial charge in [0.15, 0.2) is 0 Å². The van der Waals surface area contributed by atoms with Gasteiger partial charge in [-0.3, -0.25) is 19.1 Å². The van der Waals surface area contributed by atoms with Gasteiger partial charge in [-0.25, -0.2) is 9.78 Å². The first kappa shape index (κ1) is 26.5. The van der Waals surface area contributed by atoms with E-state index in [1.54, 1.807) is 69.3 Å². The maximum atomic E-state index is 13.7. The summed E-state index contributed by atoms with van der Waals surface area (Å²) in [5.41, 5.74) is -0.739. The zero-order chi connectivity index (χ0) is 27.1. The lowest BCUT2D eigenvalue weighted by molar-refractivity contribution is -0.174. The van der Waals surface area contributed by atoms with Gasteiger partial charge in [0.1, 0.15) is 11.4 Å². The topological polar surface area (TPSA) is 93.5 Å². The number of rotatable bonds is 3. The minimum absolute atomic E-state index is 0.0978. The van der Waals surface area contributed by atoms with Gasteiger partial charge in [-0.1, -0.05) is 35.9 Å². The lowest BCUT2D eigenvalue weighted by Crippen LogP contribution is -2.45. The van der Waals surface area contributed by atoms with Crippen molar-refractivity contribution in [1.82, 2.24) is 19.8 Å². The number of fused-ring (bicyclic) bond motifs is 1. The summed E-state index contributed by atoms with van der Waals surface area (Å²) in [4.78, 5) is 44.4. The molecule has 37 heavy (non-hydrogen) atoms. The summed E-state index contributed by atoms with van der Waals surface area (Å²) < 4.78 is 45.7. The summed E-state index contributed by atoms with van der Waals surface area (Å²) >= 11 is 6.32. The molecule has 0 radical (unpaired) electrons. The highest BCUT2D eigenvalue weighted by atomic mass is 35.5. The predicted octanol–water partition coefficient (Wildman–Crippen LogP) is 4.77. The quantitative estimate of drug-likeness (QED) is 0.520. The molecule has 1 fully saturated rings. The van der Waals surface area contributed by atoms with Crippen LogP contribution in [-0.2, 0) is 9.53 Å². The van der Waals surface area contributed by atoms with Gasteiger partial charge in [0.25, 0.3) is 5.56 Å². The van der Waals surface area contributed by atoms with E-state index in [1.807, 2.05) is 5.32 Å². The molecule has 1 aromatic heterocycles. The molecule has 196 valence electrons. The van der Waals surface area contributed by atoms with Crippen LogP contribution < -0.4 is 10.9 Å². The van der Waals surface area contributed by atoms with E-state index in [0.29, 0.717) is 5.69 Å². The molecule has 0 aliphatic carbocycles. The Morgan fingerprint density at radius 1 is 1.08 bits per heavy atom. The number of ether oxygens (including phenoxy) is 1. The lowest BCUT2D eigenvalue weighted by Gasteiger charge is -2.29. The molecule has 2 aromatic carbocycles. The maximum Gasteiger partial charge on any atom is 0.471 e. The third-order valence-electron chi connectivity index (χ3n) is 5.71. The molecular weight excluding hydrogens is 513 g/mol. The number of para-hydroxylation sites is 1. The highest BCUT2D eigenvalue weighted by molar-refractivity contribution is 6.35. The van der Waals surface area contributed by atoms with Gasteiger partial charge in [0.05, 0.1) is 27.7 Å². The minimum Gasteiger partial charge on any atom is -0.444 e. The highest BCUT2D eigenvalue weighted by Gasteiger charge is 2.45. The number of carbonyl (C=O) groups excluding carboxylic acids is 2. The van der Waals surface area contributed by atoms with E-state index in [0.717, 1.165) is 0 Å². The molecule has 0 bridgehead atoms. The van der Waals surface area contributed by atoms with Crippen LogP contribution in [0, 0.1) is 0 Å².